The molecule has 1 aromatic carbocycles. The zero-order valence-corrected chi connectivity index (χ0v) is 10.9. The minimum Gasteiger partial charge on any atom is -0.492 e. The molecule has 0 spiro atoms. The van der Waals surface area contributed by atoms with E-state index in [1.54, 1.807) is 25.1 Å². The highest BCUT2D eigenvalue weighted by Gasteiger charge is 2.17. The van der Waals surface area contributed by atoms with Crippen molar-refractivity contribution in [3.63, 3.8) is 0 Å². The average molecular weight is 292 g/mol. The van der Waals surface area contributed by atoms with Crippen LogP contribution in [0.25, 0.3) is 0 Å². The van der Waals surface area contributed by atoms with Crippen LogP contribution in [0.4, 0.5) is 0 Å². The Morgan fingerprint density at radius 3 is 2.80 bits per heavy atom. The molecule has 0 aliphatic rings. The topological polar surface area (TPSA) is 26.3 Å². The van der Waals surface area contributed by atoms with E-state index in [0.29, 0.717) is 22.9 Å². The van der Waals surface area contributed by atoms with Gasteiger partial charge in [-0.25, -0.2) is 0 Å². The van der Waals surface area contributed by atoms with Crippen LogP contribution >= 0.6 is 27.5 Å². The van der Waals surface area contributed by atoms with Crippen molar-refractivity contribution in [3.8, 4) is 5.75 Å². The van der Waals surface area contributed by atoms with E-state index in [0.717, 1.165) is 0 Å². The molecule has 0 amide bonds. The lowest BCUT2D eigenvalue weighted by atomic mass is 10.1. The molecule has 1 aromatic rings. The van der Waals surface area contributed by atoms with Gasteiger partial charge in [0.25, 0.3) is 0 Å². The molecule has 0 N–H and O–H groups in total. The average Bonchev–Trinajstić information content (AvgIpc) is 2.20. The van der Waals surface area contributed by atoms with E-state index in [-0.39, 0.29) is 10.6 Å². The Bertz CT molecular complexity index is 364. The summed E-state index contributed by atoms with van der Waals surface area (Å²) in [5.74, 6) is 0.514. The Morgan fingerprint density at radius 2 is 2.27 bits per heavy atom. The lowest BCUT2D eigenvalue weighted by molar-refractivity contribution is 0.0995. The van der Waals surface area contributed by atoms with E-state index in [4.69, 9.17) is 16.3 Å². The Balaban J connectivity index is 3.09. The van der Waals surface area contributed by atoms with Crippen LogP contribution in [0.5, 0.6) is 5.75 Å². The second kappa shape index (κ2) is 5.52. The minimum atomic E-state index is -0.244. The smallest absolute Gasteiger partial charge is 0.177 e. The van der Waals surface area contributed by atoms with Crippen LogP contribution < -0.4 is 4.74 Å². The standard InChI is InChI=1S/C11H12BrClO2/c1-3-15-9-6-4-5-8(10(9)13)11(14)7(2)12/h4-7H,3H2,1-2H3. The number of Topliss-reactive ketones (excluding diaryl/α,β-unsaturated/α-hetero) is 1. The number of hydrogen-bond donors (Lipinski definition) is 0. The molecule has 1 rings (SSSR count). The van der Waals surface area contributed by atoms with Gasteiger partial charge < -0.3 is 4.74 Å². The van der Waals surface area contributed by atoms with Crippen molar-refractivity contribution >= 4 is 33.3 Å². The van der Waals surface area contributed by atoms with Gasteiger partial charge in [0.2, 0.25) is 0 Å². The summed E-state index contributed by atoms with van der Waals surface area (Å²) in [6, 6.07) is 5.21. The van der Waals surface area contributed by atoms with Gasteiger partial charge in [-0.3, -0.25) is 4.79 Å². The summed E-state index contributed by atoms with van der Waals surface area (Å²) in [4.78, 5) is 11.5. The normalized spacial score (nSPS) is 12.3. The summed E-state index contributed by atoms with van der Waals surface area (Å²) >= 11 is 9.29. The molecule has 0 aromatic heterocycles. The van der Waals surface area contributed by atoms with Gasteiger partial charge >= 0.3 is 0 Å². The monoisotopic (exact) mass is 290 g/mol. The molecule has 0 aliphatic heterocycles. The molecule has 0 bridgehead atoms. The van der Waals surface area contributed by atoms with Crippen molar-refractivity contribution in [2.24, 2.45) is 0 Å². The van der Waals surface area contributed by atoms with Crippen LogP contribution in [0.1, 0.15) is 24.2 Å². The lowest BCUT2D eigenvalue weighted by Gasteiger charge is -2.10. The molecule has 1 atom stereocenters. The van der Waals surface area contributed by atoms with Crippen molar-refractivity contribution in [1.82, 2.24) is 0 Å². The van der Waals surface area contributed by atoms with Gasteiger partial charge in [0.1, 0.15) is 5.75 Å². The SMILES string of the molecule is CCOc1cccc(C(=O)C(C)Br)c1Cl. The van der Waals surface area contributed by atoms with Crippen LogP contribution in [-0.4, -0.2) is 17.2 Å². The summed E-state index contributed by atoms with van der Waals surface area (Å²) in [5, 5.41) is 0.385. The highest BCUT2D eigenvalue weighted by Crippen LogP contribution is 2.29. The third-order valence-corrected chi connectivity index (χ3v) is 2.70. The molecule has 82 valence electrons. The summed E-state index contributed by atoms with van der Waals surface area (Å²) < 4.78 is 5.31. The van der Waals surface area contributed by atoms with E-state index in [2.05, 4.69) is 15.9 Å². The third-order valence-electron chi connectivity index (χ3n) is 1.89. The molecule has 0 heterocycles. The lowest BCUT2D eigenvalue weighted by Crippen LogP contribution is -2.11. The molecular formula is C11H12BrClO2. The van der Waals surface area contributed by atoms with Gasteiger partial charge in [-0.2, -0.15) is 0 Å². The summed E-state index contributed by atoms with van der Waals surface area (Å²) in [6.45, 7) is 4.17. The first kappa shape index (κ1) is 12.5. The van der Waals surface area contributed by atoms with E-state index in [1.807, 2.05) is 6.92 Å². The van der Waals surface area contributed by atoms with Crippen LogP contribution in [0.2, 0.25) is 5.02 Å². The van der Waals surface area contributed by atoms with Crippen molar-refractivity contribution in [3.05, 3.63) is 28.8 Å². The number of hydrogen-bond acceptors (Lipinski definition) is 2. The zero-order chi connectivity index (χ0) is 11.4. The Kier molecular flexibility index (Phi) is 4.61. The molecule has 2 nitrogen and oxygen atoms in total. The van der Waals surface area contributed by atoms with Gasteiger partial charge in [0.05, 0.1) is 16.5 Å². The van der Waals surface area contributed by atoms with Crippen molar-refractivity contribution < 1.29 is 9.53 Å². The summed E-state index contributed by atoms with van der Waals surface area (Å²) in [7, 11) is 0. The first-order valence-electron chi connectivity index (χ1n) is 4.67. The number of carbonyl (C=O) groups excluding carboxylic acids is 1. The molecule has 0 fully saturated rings. The first-order chi connectivity index (χ1) is 7.07. The second-order valence-electron chi connectivity index (χ2n) is 3.03. The van der Waals surface area contributed by atoms with Gasteiger partial charge in [-0.1, -0.05) is 33.6 Å². The molecule has 1 unspecified atom stereocenters. The zero-order valence-electron chi connectivity index (χ0n) is 8.59. The van der Waals surface area contributed by atoms with Gasteiger partial charge in [-0.05, 0) is 26.0 Å². The molecule has 0 saturated heterocycles. The number of ketones is 1. The quantitative estimate of drug-likeness (QED) is 0.624. The van der Waals surface area contributed by atoms with Gasteiger partial charge in [-0.15, -0.1) is 0 Å². The Morgan fingerprint density at radius 1 is 1.60 bits per heavy atom. The molecule has 4 heteroatoms. The fraction of sp³-hybridized carbons (Fsp3) is 0.364. The van der Waals surface area contributed by atoms with Crippen LogP contribution in [0, 0.1) is 0 Å². The highest BCUT2D eigenvalue weighted by atomic mass is 79.9. The van der Waals surface area contributed by atoms with Gasteiger partial charge in [0, 0.05) is 5.56 Å². The minimum absolute atomic E-state index is 0.0402. The fourth-order valence-corrected chi connectivity index (χ4v) is 1.70. The van der Waals surface area contributed by atoms with Crippen LogP contribution in [0.15, 0.2) is 18.2 Å². The third kappa shape index (κ3) is 2.95. The largest absolute Gasteiger partial charge is 0.492 e. The number of rotatable bonds is 4. The van der Waals surface area contributed by atoms with Crippen molar-refractivity contribution in [1.29, 1.82) is 0 Å². The van der Waals surface area contributed by atoms with Crippen LogP contribution in [0.3, 0.4) is 0 Å². The number of benzene rings is 1. The summed E-state index contributed by atoms with van der Waals surface area (Å²) in [6.07, 6.45) is 0. The van der Waals surface area contributed by atoms with E-state index in [9.17, 15) is 4.79 Å². The van der Waals surface area contributed by atoms with E-state index in [1.165, 1.54) is 0 Å². The molecule has 0 aliphatic carbocycles. The number of alkyl halides is 1. The number of carbonyl (C=O) groups is 1. The molecule has 0 radical (unpaired) electrons. The second-order valence-corrected chi connectivity index (χ2v) is 4.78. The molecule has 15 heavy (non-hydrogen) atoms. The number of halogens is 2. The molecule has 0 saturated carbocycles. The van der Waals surface area contributed by atoms with Crippen molar-refractivity contribution in [2.45, 2.75) is 18.7 Å². The Labute approximate surface area is 103 Å². The first-order valence-corrected chi connectivity index (χ1v) is 5.96. The van der Waals surface area contributed by atoms with E-state index < -0.39 is 0 Å². The maximum atomic E-state index is 11.7. The van der Waals surface area contributed by atoms with Crippen LogP contribution in [-0.2, 0) is 0 Å². The van der Waals surface area contributed by atoms with Gasteiger partial charge in [0.15, 0.2) is 5.78 Å². The summed E-state index contributed by atoms with van der Waals surface area (Å²) in [5.41, 5.74) is 0.493. The number of ether oxygens (including phenoxy) is 1. The highest BCUT2D eigenvalue weighted by molar-refractivity contribution is 9.10. The molecular weight excluding hydrogens is 279 g/mol. The Hall–Kier alpha value is -0.540. The fourth-order valence-electron chi connectivity index (χ4n) is 1.18. The van der Waals surface area contributed by atoms with Crippen molar-refractivity contribution in [2.75, 3.05) is 6.61 Å². The predicted octanol–water partition coefficient (Wildman–Crippen LogP) is 3.70. The predicted molar refractivity (Wildman–Crippen MR) is 65.3 cm³/mol. The maximum Gasteiger partial charge on any atom is 0.177 e. The maximum absolute atomic E-state index is 11.7. The van der Waals surface area contributed by atoms with E-state index >= 15 is 0 Å².